The van der Waals surface area contributed by atoms with E-state index in [1.807, 2.05) is 6.92 Å². The Labute approximate surface area is 157 Å². The normalized spacial score (nSPS) is 11.3. The number of nitrogens with one attached hydrogen (secondary N) is 1. The quantitative estimate of drug-likeness (QED) is 0.397. The van der Waals surface area contributed by atoms with E-state index in [2.05, 4.69) is 15.5 Å². The fourth-order valence-electron chi connectivity index (χ4n) is 2.42. The van der Waals surface area contributed by atoms with Crippen LogP contribution < -0.4 is 5.32 Å². The summed E-state index contributed by atoms with van der Waals surface area (Å²) in [5.74, 6) is -6.34. The van der Waals surface area contributed by atoms with Crippen LogP contribution in [-0.4, -0.2) is 25.5 Å². The molecule has 0 aliphatic rings. The molecule has 2 heterocycles. The number of rotatable bonds is 6. The van der Waals surface area contributed by atoms with Gasteiger partial charge < -0.3 is 5.32 Å². The second kappa shape index (κ2) is 8.07. The van der Waals surface area contributed by atoms with Gasteiger partial charge in [0, 0.05) is 42.7 Å². The first kappa shape index (κ1) is 19.3. The zero-order valence-corrected chi connectivity index (χ0v) is 14.7. The molecular formula is C18H15F4N5O. The highest BCUT2D eigenvalue weighted by molar-refractivity contribution is 6.01. The zero-order chi connectivity index (χ0) is 20.3. The van der Waals surface area contributed by atoms with E-state index >= 15 is 0 Å². The molecule has 3 rings (SSSR count). The molecule has 0 saturated carbocycles. The maximum absolute atomic E-state index is 13.7. The van der Waals surface area contributed by atoms with Gasteiger partial charge in [0.25, 0.3) is 0 Å². The highest BCUT2D eigenvalue weighted by Crippen LogP contribution is 2.20. The van der Waals surface area contributed by atoms with Gasteiger partial charge in [-0.3, -0.25) is 14.2 Å². The lowest BCUT2D eigenvalue weighted by molar-refractivity contribution is -0.111. The monoisotopic (exact) mass is 393 g/mol. The molecule has 1 aromatic carbocycles. The summed E-state index contributed by atoms with van der Waals surface area (Å²) >= 11 is 0. The molecule has 1 N–H and O–H groups in total. The summed E-state index contributed by atoms with van der Waals surface area (Å²) in [7, 11) is 0. The topological polar surface area (TPSA) is 64.7 Å². The first-order chi connectivity index (χ1) is 13.4. The fraction of sp³-hybridized carbons (Fsp3) is 0.167. The molecular weight excluding hydrogens is 378 g/mol. The number of amides is 1. The Hall–Kier alpha value is -3.43. The Morgan fingerprint density at radius 1 is 1.18 bits per heavy atom. The molecule has 0 fully saturated rings. The highest BCUT2D eigenvalue weighted by Gasteiger charge is 2.19. The van der Waals surface area contributed by atoms with Gasteiger partial charge in [-0.05, 0) is 13.0 Å². The van der Waals surface area contributed by atoms with Crippen LogP contribution in [0.5, 0.6) is 0 Å². The molecule has 0 atom stereocenters. The molecule has 0 bridgehead atoms. The number of nitrogens with zero attached hydrogens (tertiary/aromatic N) is 4. The molecule has 0 spiro atoms. The van der Waals surface area contributed by atoms with Gasteiger partial charge in [0.2, 0.25) is 5.91 Å². The van der Waals surface area contributed by atoms with Crippen molar-refractivity contribution in [3.63, 3.8) is 0 Å². The third kappa shape index (κ3) is 4.27. The van der Waals surface area contributed by atoms with Crippen LogP contribution >= 0.6 is 0 Å². The number of benzene rings is 1. The van der Waals surface area contributed by atoms with E-state index in [1.165, 1.54) is 18.3 Å². The maximum Gasteiger partial charge on any atom is 0.249 e. The van der Waals surface area contributed by atoms with E-state index in [1.54, 1.807) is 23.2 Å². The van der Waals surface area contributed by atoms with Crippen LogP contribution in [0.3, 0.4) is 0 Å². The summed E-state index contributed by atoms with van der Waals surface area (Å²) in [5.41, 5.74) is -0.0621. The van der Waals surface area contributed by atoms with Crippen molar-refractivity contribution in [2.75, 3.05) is 5.32 Å². The first-order valence-corrected chi connectivity index (χ1v) is 8.24. The average molecular weight is 393 g/mol. The number of carbonyl (C=O) groups is 1. The van der Waals surface area contributed by atoms with Crippen molar-refractivity contribution < 1.29 is 22.4 Å². The Kier molecular flexibility index (Phi) is 5.57. The SMILES string of the molecule is CCn1cc(/C=C/C(=O)Nc2ccn(Cc3c(F)c(F)cc(F)c3F)n2)cn1. The van der Waals surface area contributed by atoms with Crippen LogP contribution in [0, 0.1) is 23.3 Å². The van der Waals surface area contributed by atoms with Crippen molar-refractivity contribution in [2.24, 2.45) is 0 Å². The number of aromatic nitrogens is 4. The Morgan fingerprint density at radius 2 is 1.89 bits per heavy atom. The smallest absolute Gasteiger partial charge is 0.249 e. The average Bonchev–Trinajstić information content (AvgIpc) is 3.31. The van der Waals surface area contributed by atoms with Crippen LogP contribution in [0.2, 0.25) is 0 Å². The molecule has 2 aromatic heterocycles. The van der Waals surface area contributed by atoms with E-state index in [-0.39, 0.29) is 11.9 Å². The Bertz CT molecular complexity index is 1010. The lowest BCUT2D eigenvalue weighted by Crippen LogP contribution is -2.11. The van der Waals surface area contributed by atoms with Crippen molar-refractivity contribution >= 4 is 17.8 Å². The molecule has 0 saturated heterocycles. The van der Waals surface area contributed by atoms with E-state index in [0.717, 1.165) is 10.2 Å². The van der Waals surface area contributed by atoms with E-state index in [9.17, 15) is 22.4 Å². The van der Waals surface area contributed by atoms with Gasteiger partial charge in [-0.1, -0.05) is 0 Å². The molecule has 146 valence electrons. The zero-order valence-electron chi connectivity index (χ0n) is 14.7. The van der Waals surface area contributed by atoms with Crippen LogP contribution in [0.4, 0.5) is 23.4 Å². The highest BCUT2D eigenvalue weighted by atomic mass is 19.2. The number of anilines is 1. The minimum atomic E-state index is -1.49. The molecule has 0 aliphatic heterocycles. The standard InChI is InChI=1S/C18H15F4N5O/c1-2-26-9-11(8-23-26)3-4-16(28)24-15-5-6-27(25-15)10-12-17(21)13(19)7-14(20)18(12)22/h3-9H,2,10H2,1H3,(H,24,25,28)/b4-3+. The second-order valence-corrected chi connectivity index (χ2v) is 5.80. The minimum absolute atomic E-state index is 0.108. The van der Waals surface area contributed by atoms with Crippen LogP contribution in [0.15, 0.2) is 36.8 Å². The maximum atomic E-state index is 13.7. The minimum Gasteiger partial charge on any atom is -0.306 e. The largest absolute Gasteiger partial charge is 0.306 e. The van der Waals surface area contributed by atoms with Crippen LogP contribution in [0.25, 0.3) is 6.08 Å². The predicted octanol–water partition coefficient (Wildman–Crippen LogP) is 3.36. The predicted molar refractivity (Wildman–Crippen MR) is 93.2 cm³/mol. The van der Waals surface area contributed by atoms with Gasteiger partial charge in [-0.25, -0.2) is 17.6 Å². The van der Waals surface area contributed by atoms with Gasteiger partial charge in [-0.2, -0.15) is 10.2 Å². The second-order valence-electron chi connectivity index (χ2n) is 5.80. The van der Waals surface area contributed by atoms with Gasteiger partial charge in [0.1, 0.15) is 0 Å². The Balaban J connectivity index is 1.67. The number of hydrogen-bond acceptors (Lipinski definition) is 3. The summed E-state index contributed by atoms with van der Waals surface area (Å²) in [4.78, 5) is 11.9. The van der Waals surface area contributed by atoms with Gasteiger partial charge in [0.15, 0.2) is 29.1 Å². The summed E-state index contributed by atoms with van der Waals surface area (Å²) in [6.07, 6.45) is 7.51. The molecule has 0 unspecified atom stereocenters. The van der Waals surface area contributed by atoms with Crippen molar-refractivity contribution in [3.8, 4) is 0 Å². The summed E-state index contributed by atoms with van der Waals surface area (Å²) < 4.78 is 56.7. The van der Waals surface area contributed by atoms with Gasteiger partial charge in [0.05, 0.1) is 18.3 Å². The number of hydrogen-bond donors (Lipinski definition) is 1. The lowest BCUT2D eigenvalue weighted by Gasteiger charge is -2.07. The van der Waals surface area contributed by atoms with E-state index in [4.69, 9.17) is 0 Å². The third-order valence-corrected chi connectivity index (χ3v) is 3.82. The third-order valence-electron chi connectivity index (χ3n) is 3.82. The number of halogens is 4. The molecule has 3 aromatic rings. The van der Waals surface area contributed by atoms with E-state index in [0.29, 0.717) is 6.54 Å². The van der Waals surface area contributed by atoms with Crippen molar-refractivity contribution in [2.45, 2.75) is 20.0 Å². The molecule has 28 heavy (non-hydrogen) atoms. The van der Waals surface area contributed by atoms with Crippen molar-refractivity contribution in [3.05, 3.63) is 71.2 Å². The summed E-state index contributed by atoms with van der Waals surface area (Å²) in [6, 6.07) is 1.52. The van der Waals surface area contributed by atoms with Crippen LogP contribution in [0.1, 0.15) is 18.1 Å². The molecule has 0 radical (unpaired) electrons. The van der Waals surface area contributed by atoms with Gasteiger partial charge >= 0.3 is 0 Å². The van der Waals surface area contributed by atoms with Crippen LogP contribution in [-0.2, 0) is 17.9 Å². The van der Waals surface area contributed by atoms with E-state index < -0.39 is 41.3 Å². The summed E-state index contributed by atoms with van der Waals surface area (Å²) in [6.45, 7) is 2.08. The Morgan fingerprint density at radius 3 is 2.54 bits per heavy atom. The lowest BCUT2D eigenvalue weighted by atomic mass is 10.2. The first-order valence-electron chi connectivity index (χ1n) is 8.24. The van der Waals surface area contributed by atoms with Crippen molar-refractivity contribution in [1.82, 2.24) is 19.6 Å². The molecule has 6 nitrogen and oxygen atoms in total. The number of carbonyl (C=O) groups excluding carboxylic acids is 1. The summed E-state index contributed by atoms with van der Waals surface area (Å²) in [5, 5.41) is 10.5. The molecule has 1 amide bonds. The fourth-order valence-corrected chi connectivity index (χ4v) is 2.42. The van der Waals surface area contributed by atoms with Gasteiger partial charge in [-0.15, -0.1) is 0 Å². The molecule has 10 heteroatoms. The number of aryl methyl sites for hydroxylation is 1. The van der Waals surface area contributed by atoms with Crippen molar-refractivity contribution in [1.29, 1.82) is 0 Å². The molecule has 0 aliphatic carbocycles.